The first-order valence-electron chi connectivity index (χ1n) is 4.31. The van der Waals surface area contributed by atoms with E-state index >= 15 is 0 Å². The largest absolute Gasteiger partial charge is 0.485 e. The molecule has 0 saturated heterocycles. The zero-order valence-corrected chi connectivity index (χ0v) is 7.66. The Morgan fingerprint density at radius 1 is 1.21 bits per heavy atom. The second kappa shape index (κ2) is 3.54. The molecule has 0 N–H and O–H groups in total. The molecule has 3 nitrogen and oxygen atoms in total. The van der Waals surface area contributed by atoms with E-state index in [0.29, 0.717) is 30.3 Å². The fourth-order valence-electron chi connectivity index (χ4n) is 1.23. The predicted octanol–water partition coefficient (Wildman–Crippen LogP) is 1.83. The molecule has 1 heterocycles. The van der Waals surface area contributed by atoms with E-state index in [0.717, 1.165) is 11.9 Å². The third kappa shape index (κ3) is 1.62. The lowest BCUT2D eigenvalue weighted by Crippen LogP contribution is -2.02. The summed E-state index contributed by atoms with van der Waals surface area (Å²) in [4.78, 5) is 10.5. The summed E-state index contributed by atoms with van der Waals surface area (Å²) in [5, 5.41) is 0. The van der Waals surface area contributed by atoms with Gasteiger partial charge in [0, 0.05) is 5.56 Å². The molecule has 0 spiro atoms. The monoisotopic (exact) mass is 190 g/mol. The Kier molecular flexibility index (Phi) is 2.23. The molecule has 1 aliphatic heterocycles. The number of aldehydes is 1. The minimum absolute atomic E-state index is 0.440. The van der Waals surface area contributed by atoms with E-state index < -0.39 is 0 Å². The van der Waals surface area contributed by atoms with Gasteiger partial charge in [-0.1, -0.05) is 6.58 Å². The average Bonchev–Trinajstić information content (AvgIpc) is 2.40. The third-order valence-electron chi connectivity index (χ3n) is 1.97. The molecule has 0 amide bonds. The fourth-order valence-corrected chi connectivity index (χ4v) is 1.23. The maximum absolute atomic E-state index is 10.5. The van der Waals surface area contributed by atoms with Gasteiger partial charge in [0.15, 0.2) is 11.5 Å². The summed E-state index contributed by atoms with van der Waals surface area (Å²) in [6.45, 7) is 4.69. The second-order valence-electron chi connectivity index (χ2n) is 3.15. The van der Waals surface area contributed by atoms with Crippen LogP contribution in [0.5, 0.6) is 11.5 Å². The number of fused-ring (bicyclic) bond motifs is 1. The van der Waals surface area contributed by atoms with Crippen LogP contribution < -0.4 is 9.47 Å². The first kappa shape index (κ1) is 8.81. The Morgan fingerprint density at radius 2 is 1.93 bits per heavy atom. The molecule has 72 valence electrons. The molecular formula is C11H10O3. The first-order valence-corrected chi connectivity index (χ1v) is 4.31. The molecule has 0 fully saturated rings. The van der Waals surface area contributed by atoms with Crippen LogP contribution in [0.1, 0.15) is 10.4 Å². The van der Waals surface area contributed by atoms with E-state index in [9.17, 15) is 4.79 Å². The van der Waals surface area contributed by atoms with E-state index in [4.69, 9.17) is 9.47 Å². The highest BCUT2D eigenvalue weighted by atomic mass is 16.5. The van der Waals surface area contributed by atoms with Crippen molar-refractivity contribution >= 4 is 6.29 Å². The summed E-state index contributed by atoms with van der Waals surface area (Å²) < 4.78 is 10.8. The van der Waals surface area contributed by atoms with Gasteiger partial charge < -0.3 is 9.47 Å². The molecule has 3 heteroatoms. The van der Waals surface area contributed by atoms with Crippen molar-refractivity contribution in [3.63, 3.8) is 0 Å². The third-order valence-corrected chi connectivity index (χ3v) is 1.97. The van der Waals surface area contributed by atoms with Crippen LogP contribution in [0, 0.1) is 0 Å². The van der Waals surface area contributed by atoms with Crippen molar-refractivity contribution in [2.45, 2.75) is 0 Å². The Labute approximate surface area is 81.9 Å². The Morgan fingerprint density at radius 3 is 2.64 bits per heavy atom. The molecule has 0 radical (unpaired) electrons. The van der Waals surface area contributed by atoms with E-state index in [2.05, 4.69) is 6.58 Å². The number of rotatable bonds is 1. The van der Waals surface area contributed by atoms with Gasteiger partial charge in [-0.15, -0.1) is 0 Å². The lowest BCUT2D eigenvalue weighted by atomic mass is 10.2. The summed E-state index contributed by atoms with van der Waals surface area (Å²) in [7, 11) is 0. The van der Waals surface area contributed by atoms with Gasteiger partial charge in [0.05, 0.1) is 0 Å². The molecular weight excluding hydrogens is 180 g/mol. The number of carbonyl (C=O) groups excluding carboxylic acids is 1. The van der Waals surface area contributed by atoms with Crippen LogP contribution in [0.2, 0.25) is 0 Å². The summed E-state index contributed by atoms with van der Waals surface area (Å²) in [5.74, 6) is 1.27. The van der Waals surface area contributed by atoms with Crippen molar-refractivity contribution in [2.75, 3.05) is 13.2 Å². The highest BCUT2D eigenvalue weighted by molar-refractivity contribution is 5.76. The number of hydrogen-bond donors (Lipinski definition) is 0. The van der Waals surface area contributed by atoms with Crippen LogP contribution in [-0.4, -0.2) is 19.5 Å². The fraction of sp³-hybridized carbons (Fsp3) is 0.182. The second-order valence-corrected chi connectivity index (χ2v) is 3.15. The summed E-state index contributed by atoms with van der Waals surface area (Å²) in [6.07, 6.45) is 0.781. The van der Waals surface area contributed by atoms with Gasteiger partial charge in [0.1, 0.15) is 19.5 Å². The summed E-state index contributed by atoms with van der Waals surface area (Å²) in [5.41, 5.74) is 1.47. The normalized spacial score (nSPS) is 14.7. The van der Waals surface area contributed by atoms with Gasteiger partial charge in [-0.3, -0.25) is 4.79 Å². The minimum Gasteiger partial charge on any atom is -0.485 e. The van der Waals surface area contributed by atoms with Gasteiger partial charge in [-0.2, -0.15) is 0 Å². The van der Waals surface area contributed by atoms with Crippen molar-refractivity contribution in [2.24, 2.45) is 0 Å². The zero-order chi connectivity index (χ0) is 9.97. The van der Waals surface area contributed by atoms with Gasteiger partial charge >= 0.3 is 0 Å². The number of carbonyl (C=O) groups is 1. The van der Waals surface area contributed by atoms with Crippen molar-refractivity contribution in [1.29, 1.82) is 0 Å². The quantitative estimate of drug-likeness (QED) is 0.500. The molecule has 14 heavy (non-hydrogen) atoms. The van der Waals surface area contributed by atoms with Crippen LogP contribution in [-0.2, 0) is 0 Å². The van der Waals surface area contributed by atoms with Crippen LogP contribution >= 0.6 is 0 Å². The Bertz CT molecular complexity index is 382. The van der Waals surface area contributed by atoms with Crippen molar-refractivity contribution in [3.05, 3.63) is 35.9 Å². The van der Waals surface area contributed by atoms with Crippen LogP contribution in [0.25, 0.3) is 0 Å². The average molecular weight is 190 g/mol. The predicted molar refractivity (Wildman–Crippen MR) is 52.0 cm³/mol. The van der Waals surface area contributed by atoms with Crippen molar-refractivity contribution in [3.8, 4) is 11.5 Å². The number of ether oxygens (including phenoxy) is 2. The lowest BCUT2D eigenvalue weighted by molar-refractivity contribution is 0.112. The smallest absolute Gasteiger partial charge is 0.162 e. The van der Waals surface area contributed by atoms with Gasteiger partial charge in [0.2, 0.25) is 0 Å². The van der Waals surface area contributed by atoms with E-state index in [-0.39, 0.29) is 0 Å². The summed E-state index contributed by atoms with van der Waals surface area (Å²) >= 11 is 0. The minimum atomic E-state index is 0.440. The first-order chi connectivity index (χ1) is 6.79. The lowest BCUT2D eigenvalue weighted by Gasteiger charge is -2.05. The van der Waals surface area contributed by atoms with Crippen LogP contribution in [0.3, 0.4) is 0 Å². The number of hydrogen-bond acceptors (Lipinski definition) is 3. The molecule has 2 rings (SSSR count). The van der Waals surface area contributed by atoms with E-state index in [1.165, 1.54) is 0 Å². The maximum Gasteiger partial charge on any atom is 0.162 e. The van der Waals surface area contributed by atoms with E-state index in [1.54, 1.807) is 18.2 Å². The molecule has 0 unspecified atom stereocenters. The van der Waals surface area contributed by atoms with Crippen molar-refractivity contribution in [1.82, 2.24) is 0 Å². The molecule has 0 atom stereocenters. The van der Waals surface area contributed by atoms with Crippen LogP contribution in [0.15, 0.2) is 30.4 Å². The SMILES string of the molecule is C=C1COc2ccc(C=O)cc2OC1. The van der Waals surface area contributed by atoms with Gasteiger partial charge in [-0.25, -0.2) is 0 Å². The molecule has 0 aliphatic carbocycles. The van der Waals surface area contributed by atoms with Crippen LogP contribution in [0.4, 0.5) is 0 Å². The standard InChI is InChI=1S/C11H10O3/c1-8-6-13-10-3-2-9(5-12)4-11(10)14-7-8/h2-5H,1,6-7H2. The highest BCUT2D eigenvalue weighted by Crippen LogP contribution is 2.30. The molecule has 0 bridgehead atoms. The Balaban J connectivity index is 2.36. The van der Waals surface area contributed by atoms with Gasteiger partial charge in [0.25, 0.3) is 0 Å². The molecule has 0 aromatic heterocycles. The van der Waals surface area contributed by atoms with E-state index in [1.807, 2.05) is 0 Å². The molecule has 1 aromatic carbocycles. The molecule has 1 aliphatic rings. The zero-order valence-electron chi connectivity index (χ0n) is 7.66. The molecule has 0 saturated carbocycles. The topological polar surface area (TPSA) is 35.5 Å². The number of benzene rings is 1. The maximum atomic E-state index is 10.5. The van der Waals surface area contributed by atoms with Gasteiger partial charge in [-0.05, 0) is 23.8 Å². The van der Waals surface area contributed by atoms with Crippen molar-refractivity contribution < 1.29 is 14.3 Å². The molecule has 1 aromatic rings. The highest BCUT2D eigenvalue weighted by Gasteiger charge is 2.11. The Hall–Kier alpha value is -1.77. The summed E-state index contributed by atoms with van der Waals surface area (Å²) in [6, 6.07) is 5.10.